The normalized spacial score (nSPS) is 25.4. The van der Waals surface area contributed by atoms with E-state index in [2.05, 4.69) is 25.7 Å². The number of aliphatic hydroxyl groups is 1. The van der Waals surface area contributed by atoms with Gasteiger partial charge in [0.25, 0.3) is 0 Å². The molecular formula is C10H21NO2. The second kappa shape index (κ2) is 4.40. The van der Waals surface area contributed by atoms with Gasteiger partial charge in [0.05, 0.1) is 18.3 Å². The van der Waals surface area contributed by atoms with Crippen molar-refractivity contribution in [2.75, 3.05) is 26.2 Å². The van der Waals surface area contributed by atoms with Crippen molar-refractivity contribution in [3.8, 4) is 0 Å². The molecule has 0 radical (unpaired) electrons. The van der Waals surface area contributed by atoms with Gasteiger partial charge in [-0.2, -0.15) is 0 Å². The van der Waals surface area contributed by atoms with Crippen molar-refractivity contribution in [1.29, 1.82) is 0 Å². The van der Waals surface area contributed by atoms with E-state index in [9.17, 15) is 5.11 Å². The van der Waals surface area contributed by atoms with Crippen molar-refractivity contribution < 1.29 is 9.84 Å². The largest absolute Gasteiger partial charge is 0.392 e. The molecule has 0 bridgehead atoms. The van der Waals surface area contributed by atoms with Crippen LogP contribution in [0.1, 0.15) is 27.2 Å². The van der Waals surface area contributed by atoms with E-state index < -0.39 is 0 Å². The van der Waals surface area contributed by atoms with Gasteiger partial charge in [0, 0.05) is 19.6 Å². The van der Waals surface area contributed by atoms with Crippen LogP contribution in [-0.4, -0.2) is 48.0 Å². The fourth-order valence-electron chi connectivity index (χ4n) is 1.50. The number of aliphatic hydroxyl groups excluding tert-OH is 1. The Kier molecular flexibility index (Phi) is 3.71. The summed E-state index contributed by atoms with van der Waals surface area (Å²) in [6.45, 7) is 9.70. The zero-order valence-corrected chi connectivity index (χ0v) is 8.92. The van der Waals surface area contributed by atoms with Gasteiger partial charge in [0.15, 0.2) is 0 Å². The van der Waals surface area contributed by atoms with E-state index in [1.807, 2.05) is 0 Å². The summed E-state index contributed by atoms with van der Waals surface area (Å²) in [4.78, 5) is 2.25. The number of likely N-dealkylation sites (tertiary alicyclic amines) is 1. The van der Waals surface area contributed by atoms with Crippen LogP contribution in [0.5, 0.6) is 0 Å². The minimum Gasteiger partial charge on any atom is -0.392 e. The molecule has 0 aromatic rings. The molecule has 3 nitrogen and oxygen atoms in total. The second-order valence-corrected chi connectivity index (χ2v) is 4.70. The molecule has 0 aromatic carbocycles. The van der Waals surface area contributed by atoms with Gasteiger partial charge < -0.3 is 9.84 Å². The monoisotopic (exact) mass is 187 g/mol. The highest BCUT2D eigenvalue weighted by Gasteiger charge is 2.20. The van der Waals surface area contributed by atoms with E-state index in [0.29, 0.717) is 0 Å². The summed E-state index contributed by atoms with van der Waals surface area (Å²) in [7, 11) is 0. The number of hydrogen-bond acceptors (Lipinski definition) is 3. The summed E-state index contributed by atoms with van der Waals surface area (Å²) in [5, 5.41) is 9.28. The Morgan fingerprint density at radius 1 is 1.46 bits per heavy atom. The van der Waals surface area contributed by atoms with Gasteiger partial charge in [0.1, 0.15) is 0 Å². The van der Waals surface area contributed by atoms with Crippen LogP contribution in [0.2, 0.25) is 0 Å². The van der Waals surface area contributed by atoms with Crippen LogP contribution in [0.15, 0.2) is 0 Å². The summed E-state index contributed by atoms with van der Waals surface area (Å²) < 4.78 is 5.60. The lowest BCUT2D eigenvalue weighted by Gasteiger charge is -2.22. The fourth-order valence-corrected chi connectivity index (χ4v) is 1.50. The van der Waals surface area contributed by atoms with E-state index in [1.165, 1.54) is 0 Å². The lowest BCUT2D eigenvalue weighted by molar-refractivity contribution is -0.0118. The molecule has 0 aromatic heterocycles. The Morgan fingerprint density at radius 2 is 2.15 bits per heavy atom. The molecule has 1 aliphatic rings. The summed E-state index contributed by atoms with van der Waals surface area (Å²) in [6, 6.07) is 0. The van der Waals surface area contributed by atoms with Crippen molar-refractivity contribution in [1.82, 2.24) is 4.90 Å². The molecule has 0 amide bonds. The standard InChI is InChI=1S/C10H21NO2/c1-10(2,3)13-7-6-11-5-4-9(12)8-11/h9,12H,4-8H2,1-3H3. The smallest absolute Gasteiger partial charge is 0.0679 e. The zero-order chi connectivity index (χ0) is 9.90. The van der Waals surface area contributed by atoms with Crippen LogP contribution in [0.25, 0.3) is 0 Å². The van der Waals surface area contributed by atoms with Gasteiger partial charge in [-0.05, 0) is 27.2 Å². The van der Waals surface area contributed by atoms with Gasteiger partial charge in [-0.3, -0.25) is 4.90 Å². The Hall–Kier alpha value is -0.120. The lowest BCUT2D eigenvalue weighted by Crippen LogP contribution is -2.29. The molecule has 1 N–H and O–H groups in total. The number of ether oxygens (including phenoxy) is 1. The first-order valence-electron chi connectivity index (χ1n) is 5.02. The van der Waals surface area contributed by atoms with Crippen molar-refractivity contribution in [3.63, 3.8) is 0 Å². The quantitative estimate of drug-likeness (QED) is 0.711. The molecule has 13 heavy (non-hydrogen) atoms. The van der Waals surface area contributed by atoms with Crippen molar-refractivity contribution in [3.05, 3.63) is 0 Å². The molecule has 1 unspecified atom stereocenters. The Bertz CT molecular complexity index is 153. The Balaban J connectivity index is 2.07. The maximum atomic E-state index is 9.28. The lowest BCUT2D eigenvalue weighted by atomic mass is 10.2. The predicted octanol–water partition coefficient (Wildman–Crippen LogP) is 0.868. The summed E-state index contributed by atoms with van der Waals surface area (Å²) in [5.74, 6) is 0. The van der Waals surface area contributed by atoms with Crippen molar-refractivity contribution >= 4 is 0 Å². The first-order chi connectivity index (χ1) is 5.97. The van der Waals surface area contributed by atoms with Crippen molar-refractivity contribution in [2.45, 2.75) is 38.9 Å². The third-order valence-electron chi connectivity index (χ3n) is 2.19. The molecule has 1 saturated heterocycles. The molecule has 1 atom stereocenters. The minimum atomic E-state index is -0.116. The third-order valence-corrected chi connectivity index (χ3v) is 2.19. The summed E-state index contributed by atoms with van der Waals surface area (Å²) >= 11 is 0. The van der Waals surface area contributed by atoms with Crippen LogP contribution < -0.4 is 0 Å². The Labute approximate surface area is 80.7 Å². The molecule has 1 heterocycles. The predicted molar refractivity (Wildman–Crippen MR) is 52.8 cm³/mol. The number of hydrogen-bond donors (Lipinski definition) is 1. The van der Waals surface area contributed by atoms with E-state index in [0.717, 1.165) is 32.7 Å². The van der Waals surface area contributed by atoms with Crippen LogP contribution in [-0.2, 0) is 4.74 Å². The number of rotatable bonds is 3. The highest BCUT2D eigenvalue weighted by Crippen LogP contribution is 2.10. The van der Waals surface area contributed by atoms with Gasteiger partial charge in [-0.25, -0.2) is 0 Å². The van der Waals surface area contributed by atoms with Gasteiger partial charge in [-0.1, -0.05) is 0 Å². The molecule has 78 valence electrons. The molecule has 0 spiro atoms. The zero-order valence-electron chi connectivity index (χ0n) is 8.92. The molecule has 0 saturated carbocycles. The van der Waals surface area contributed by atoms with E-state index in [4.69, 9.17) is 4.74 Å². The minimum absolute atomic E-state index is 0.0433. The molecule has 1 aliphatic heterocycles. The maximum Gasteiger partial charge on any atom is 0.0679 e. The highest BCUT2D eigenvalue weighted by molar-refractivity contribution is 4.74. The topological polar surface area (TPSA) is 32.7 Å². The molecular weight excluding hydrogens is 166 g/mol. The van der Waals surface area contributed by atoms with E-state index in [-0.39, 0.29) is 11.7 Å². The molecule has 0 aliphatic carbocycles. The van der Waals surface area contributed by atoms with Crippen LogP contribution in [0.4, 0.5) is 0 Å². The SMILES string of the molecule is CC(C)(C)OCCN1CCC(O)C1. The van der Waals surface area contributed by atoms with E-state index >= 15 is 0 Å². The number of nitrogens with zero attached hydrogens (tertiary/aromatic N) is 1. The first-order valence-corrected chi connectivity index (χ1v) is 5.02. The molecule has 1 rings (SSSR count). The second-order valence-electron chi connectivity index (χ2n) is 4.70. The van der Waals surface area contributed by atoms with Gasteiger partial charge >= 0.3 is 0 Å². The van der Waals surface area contributed by atoms with Gasteiger partial charge in [0.2, 0.25) is 0 Å². The third kappa shape index (κ3) is 4.60. The molecule has 3 heteroatoms. The van der Waals surface area contributed by atoms with Crippen LogP contribution in [0.3, 0.4) is 0 Å². The first kappa shape index (κ1) is 11.0. The summed E-state index contributed by atoms with van der Waals surface area (Å²) in [5.41, 5.74) is -0.0433. The summed E-state index contributed by atoms with van der Waals surface area (Å²) in [6.07, 6.45) is 0.796. The molecule has 1 fully saturated rings. The fraction of sp³-hybridized carbons (Fsp3) is 1.00. The van der Waals surface area contributed by atoms with Crippen LogP contribution >= 0.6 is 0 Å². The Morgan fingerprint density at radius 3 is 2.62 bits per heavy atom. The highest BCUT2D eigenvalue weighted by atomic mass is 16.5. The average molecular weight is 187 g/mol. The van der Waals surface area contributed by atoms with E-state index in [1.54, 1.807) is 0 Å². The maximum absolute atomic E-state index is 9.28. The number of β-amino-alcohol motifs (C(OH)–C–C–N with tert-alkyl or cyclic N) is 1. The van der Waals surface area contributed by atoms with Gasteiger partial charge in [-0.15, -0.1) is 0 Å². The van der Waals surface area contributed by atoms with Crippen LogP contribution in [0, 0.1) is 0 Å². The average Bonchev–Trinajstić information content (AvgIpc) is 2.33. The van der Waals surface area contributed by atoms with Crippen molar-refractivity contribution in [2.24, 2.45) is 0 Å².